The summed E-state index contributed by atoms with van der Waals surface area (Å²) < 4.78 is 11.3. The van der Waals surface area contributed by atoms with Crippen LogP contribution >= 0.6 is 0 Å². The quantitative estimate of drug-likeness (QED) is 0.423. The van der Waals surface area contributed by atoms with Gasteiger partial charge in [-0.15, -0.1) is 0 Å². The maximum absolute atomic E-state index is 5.63. The molecule has 5 heteroatoms. The molecule has 0 fully saturated rings. The van der Waals surface area contributed by atoms with Gasteiger partial charge in [-0.2, -0.15) is 0 Å². The van der Waals surface area contributed by atoms with Gasteiger partial charge in [0.2, 0.25) is 0 Å². The van der Waals surface area contributed by atoms with Crippen molar-refractivity contribution >= 4 is 13.9 Å². The van der Waals surface area contributed by atoms with Gasteiger partial charge in [-0.3, -0.25) is 0 Å². The molecule has 17 heavy (non-hydrogen) atoms. The van der Waals surface area contributed by atoms with Gasteiger partial charge in [-0.1, -0.05) is 0 Å². The topological polar surface area (TPSA) is 36.9 Å². The molecule has 0 aromatic carbocycles. The van der Waals surface area contributed by atoms with Crippen LogP contribution in [0.1, 0.15) is 55.4 Å². The molecule has 0 aromatic heterocycles. The molecule has 0 heterocycles. The van der Waals surface area contributed by atoms with Gasteiger partial charge in [0.25, 0.3) is 0 Å². The predicted octanol–water partition coefficient (Wildman–Crippen LogP) is 3.96. The molecule has 0 amide bonds. The van der Waals surface area contributed by atoms with Crippen LogP contribution in [0.25, 0.3) is 0 Å². The van der Waals surface area contributed by atoms with Crippen molar-refractivity contribution in [2.24, 2.45) is 0 Å². The Labute approximate surface area is 109 Å². The Kier molecular flexibility index (Phi) is 6.67. The van der Waals surface area contributed by atoms with E-state index < -0.39 is 13.9 Å². The van der Waals surface area contributed by atoms with Crippen LogP contribution < -0.4 is 0 Å². The van der Waals surface area contributed by atoms with E-state index in [0.29, 0.717) is 0 Å². The summed E-state index contributed by atoms with van der Waals surface area (Å²) in [5, 5.41) is 1.67. The summed E-state index contributed by atoms with van der Waals surface area (Å²) in [7, 11) is 0. The Hall–Kier alpha value is 0.383. The third kappa shape index (κ3) is 8.16. The van der Waals surface area contributed by atoms with Crippen LogP contribution in [0.3, 0.4) is 0 Å². The fourth-order valence-electron chi connectivity index (χ4n) is 0.901. The average Bonchev–Trinajstić information content (AvgIpc) is 2.16. The van der Waals surface area contributed by atoms with Gasteiger partial charge in [0.05, 0.1) is 0 Å². The van der Waals surface area contributed by atoms with Crippen LogP contribution in [0, 0.1) is 0 Å². The minimum absolute atomic E-state index is 0.327. The fourth-order valence-corrected chi connectivity index (χ4v) is 4.68. The van der Waals surface area contributed by atoms with E-state index in [1.165, 1.54) is 0 Å². The predicted molar refractivity (Wildman–Crippen MR) is 70.6 cm³/mol. The molecule has 0 rings (SSSR count). The molecule has 0 aromatic rings. The summed E-state index contributed by atoms with van der Waals surface area (Å²) in [5.74, 6) is 0. The molecule has 104 valence electrons. The minimum atomic E-state index is -2.95. The zero-order valence-electron chi connectivity index (χ0n) is 12.5. The summed E-state index contributed by atoms with van der Waals surface area (Å²) >= 11 is -2.95. The van der Waals surface area contributed by atoms with Crippen LogP contribution in [0.15, 0.2) is 0 Å². The van der Waals surface area contributed by atoms with Gasteiger partial charge in [0.1, 0.15) is 0 Å². The second-order valence-corrected chi connectivity index (χ2v) is 13.7. The van der Waals surface area contributed by atoms with Gasteiger partial charge in [-0.25, -0.2) is 0 Å². The van der Waals surface area contributed by atoms with E-state index in [1.807, 2.05) is 41.5 Å². The normalized spacial score (nSPS) is 14.1. The molecule has 0 radical (unpaired) electrons. The van der Waals surface area contributed by atoms with E-state index in [1.54, 1.807) is 0 Å². The summed E-state index contributed by atoms with van der Waals surface area (Å²) in [4.78, 5) is 10.8. The SMILES string of the molecule is C[CH2][Ge]([CH2]C)([O]OC(C)(C)C)[O]OC(C)(C)C. The molecule has 0 bridgehead atoms. The molecule has 0 atom stereocenters. The van der Waals surface area contributed by atoms with Crippen molar-refractivity contribution in [3.63, 3.8) is 0 Å². The summed E-state index contributed by atoms with van der Waals surface area (Å²) in [5.41, 5.74) is -0.655. The van der Waals surface area contributed by atoms with Crippen LogP contribution in [-0.2, 0) is 17.6 Å². The number of hydrogen-bond acceptors (Lipinski definition) is 4. The Morgan fingerprint density at radius 2 is 1.00 bits per heavy atom. The number of hydrogen-bond donors (Lipinski definition) is 0. The average molecular weight is 309 g/mol. The van der Waals surface area contributed by atoms with Crippen molar-refractivity contribution in [3.05, 3.63) is 0 Å². The van der Waals surface area contributed by atoms with Crippen LogP contribution in [0.4, 0.5) is 0 Å². The molecule has 0 aliphatic heterocycles. The Morgan fingerprint density at radius 3 is 1.18 bits per heavy atom. The van der Waals surface area contributed by atoms with Gasteiger partial charge in [-0.05, 0) is 0 Å². The molecule has 0 aliphatic rings. The zero-order chi connectivity index (χ0) is 13.7. The Morgan fingerprint density at radius 1 is 0.706 bits per heavy atom. The summed E-state index contributed by atoms with van der Waals surface area (Å²) in [6, 6.07) is 0. The van der Waals surface area contributed by atoms with Crippen LogP contribution in [0.2, 0.25) is 10.5 Å². The standard InChI is InChI=1S/C12H28GeO4/c1-9-13(10-2,16-14-11(3,4)5)17-15-12(6,7)8/h9-10H2,1-8H3. The first-order chi connectivity index (χ1) is 7.54. The van der Waals surface area contributed by atoms with Crippen molar-refractivity contribution in [3.8, 4) is 0 Å². The van der Waals surface area contributed by atoms with Crippen molar-refractivity contribution < 1.29 is 17.6 Å². The van der Waals surface area contributed by atoms with Gasteiger partial charge in [0, 0.05) is 0 Å². The Bertz CT molecular complexity index is 194. The van der Waals surface area contributed by atoms with E-state index in [4.69, 9.17) is 17.6 Å². The first-order valence-electron chi connectivity index (χ1n) is 6.27. The third-order valence-electron chi connectivity index (χ3n) is 1.96. The second-order valence-electron chi connectivity index (χ2n) is 6.18. The van der Waals surface area contributed by atoms with E-state index in [2.05, 4.69) is 13.8 Å². The van der Waals surface area contributed by atoms with E-state index in [-0.39, 0.29) is 11.2 Å². The zero-order valence-corrected chi connectivity index (χ0v) is 14.6. The van der Waals surface area contributed by atoms with Gasteiger partial charge < -0.3 is 0 Å². The van der Waals surface area contributed by atoms with Gasteiger partial charge >= 0.3 is 109 Å². The van der Waals surface area contributed by atoms with Crippen molar-refractivity contribution in [1.82, 2.24) is 0 Å². The van der Waals surface area contributed by atoms with E-state index in [9.17, 15) is 0 Å². The van der Waals surface area contributed by atoms with Crippen molar-refractivity contribution in [2.45, 2.75) is 77.1 Å². The molecule has 4 nitrogen and oxygen atoms in total. The summed E-state index contributed by atoms with van der Waals surface area (Å²) in [6.07, 6.45) is 0. The summed E-state index contributed by atoms with van der Waals surface area (Å²) in [6.45, 7) is 15.8. The van der Waals surface area contributed by atoms with Crippen LogP contribution in [0.5, 0.6) is 0 Å². The molecule has 0 saturated heterocycles. The first-order valence-corrected chi connectivity index (χ1v) is 11.0. The molecule has 0 unspecified atom stereocenters. The van der Waals surface area contributed by atoms with E-state index in [0.717, 1.165) is 10.5 Å². The molecule has 0 saturated carbocycles. The van der Waals surface area contributed by atoms with Crippen LogP contribution in [-0.4, -0.2) is 25.1 Å². The van der Waals surface area contributed by atoms with Crippen molar-refractivity contribution in [1.29, 1.82) is 0 Å². The maximum atomic E-state index is 5.63. The second kappa shape index (κ2) is 6.52. The van der Waals surface area contributed by atoms with Crippen molar-refractivity contribution in [2.75, 3.05) is 0 Å². The third-order valence-corrected chi connectivity index (χ3v) is 8.11. The molecular formula is C12H28GeO4. The van der Waals surface area contributed by atoms with E-state index >= 15 is 0 Å². The molecular weight excluding hydrogens is 281 g/mol. The first kappa shape index (κ1) is 17.4. The number of rotatable bonds is 6. The Balaban J connectivity index is 4.46. The molecule has 0 N–H and O–H groups in total. The fraction of sp³-hybridized carbons (Fsp3) is 1.00. The molecule has 0 aliphatic carbocycles. The monoisotopic (exact) mass is 310 g/mol. The van der Waals surface area contributed by atoms with Gasteiger partial charge in [0.15, 0.2) is 0 Å². The molecule has 0 spiro atoms.